The van der Waals surface area contributed by atoms with Crippen molar-refractivity contribution < 1.29 is 9.59 Å². The lowest BCUT2D eigenvalue weighted by Gasteiger charge is -2.14. The van der Waals surface area contributed by atoms with Crippen LogP contribution in [0.1, 0.15) is 30.6 Å². The number of carbonyl (C=O) groups excluding carboxylic acids is 2. The molecule has 152 valence electrons. The van der Waals surface area contributed by atoms with E-state index in [0.29, 0.717) is 44.3 Å². The summed E-state index contributed by atoms with van der Waals surface area (Å²) in [6.45, 7) is 0.564. The van der Waals surface area contributed by atoms with Crippen molar-refractivity contribution >= 4 is 86.4 Å². The molecule has 1 N–H and O–H groups in total. The molecule has 29 heavy (non-hydrogen) atoms. The maximum Gasteiger partial charge on any atom is 0.266 e. The number of halogens is 2. The topological polar surface area (TPSA) is 49.4 Å². The Hall–Kier alpha value is -1.38. The number of hydrogen-bond donors (Lipinski definition) is 1. The van der Waals surface area contributed by atoms with Crippen molar-refractivity contribution in [1.29, 1.82) is 0 Å². The molecule has 0 radical (unpaired) electrons. The average Bonchev–Trinajstić information content (AvgIpc) is 3.28. The molecule has 4 nitrogen and oxygen atoms in total. The summed E-state index contributed by atoms with van der Waals surface area (Å²) in [4.78, 5) is 28.0. The van der Waals surface area contributed by atoms with Gasteiger partial charge in [-0.1, -0.05) is 65.7 Å². The van der Waals surface area contributed by atoms with Gasteiger partial charge in [0.15, 0.2) is 0 Å². The normalized spacial score (nSPS) is 15.4. The Balaban J connectivity index is 1.40. The van der Waals surface area contributed by atoms with E-state index in [-0.39, 0.29) is 11.8 Å². The van der Waals surface area contributed by atoms with Crippen LogP contribution < -0.4 is 5.32 Å². The summed E-state index contributed by atoms with van der Waals surface area (Å²) in [5, 5.41) is 5.49. The zero-order valence-electron chi connectivity index (χ0n) is 15.3. The molecule has 9 heteroatoms. The molecule has 1 fully saturated rings. The van der Waals surface area contributed by atoms with E-state index in [1.165, 1.54) is 11.8 Å². The van der Waals surface area contributed by atoms with E-state index in [4.69, 9.17) is 35.4 Å². The lowest BCUT2D eigenvalue weighted by atomic mass is 10.1. The molecule has 0 bridgehead atoms. The van der Waals surface area contributed by atoms with Gasteiger partial charge in [0.25, 0.3) is 5.91 Å². The minimum absolute atomic E-state index is 0.0401. The van der Waals surface area contributed by atoms with Crippen molar-refractivity contribution in [3.8, 4) is 0 Å². The minimum Gasteiger partial charge on any atom is -0.325 e. The van der Waals surface area contributed by atoms with Crippen molar-refractivity contribution in [2.75, 3.05) is 11.9 Å². The van der Waals surface area contributed by atoms with E-state index < -0.39 is 0 Å². The first kappa shape index (κ1) is 22.3. The highest BCUT2D eigenvalue weighted by Crippen LogP contribution is 2.33. The van der Waals surface area contributed by atoms with Gasteiger partial charge in [0.1, 0.15) is 4.32 Å². The van der Waals surface area contributed by atoms with Crippen LogP contribution in [0.15, 0.2) is 40.6 Å². The number of carbonyl (C=O) groups is 2. The van der Waals surface area contributed by atoms with E-state index in [1.54, 1.807) is 34.4 Å². The van der Waals surface area contributed by atoms with Crippen LogP contribution in [0.2, 0.25) is 10.0 Å². The molecule has 0 unspecified atom stereocenters. The van der Waals surface area contributed by atoms with Crippen LogP contribution in [0.3, 0.4) is 0 Å². The van der Waals surface area contributed by atoms with E-state index in [1.807, 2.05) is 23.6 Å². The van der Waals surface area contributed by atoms with Gasteiger partial charge in [-0.15, -0.1) is 11.3 Å². The van der Waals surface area contributed by atoms with Gasteiger partial charge in [-0.05, 0) is 42.5 Å². The largest absolute Gasteiger partial charge is 0.325 e. The summed E-state index contributed by atoms with van der Waals surface area (Å²) in [5.74, 6) is -0.152. The monoisotopic (exact) mass is 484 g/mol. The van der Waals surface area contributed by atoms with Crippen molar-refractivity contribution in [2.45, 2.75) is 25.7 Å². The fraction of sp³-hybridized carbons (Fsp3) is 0.250. The Morgan fingerprint density at radius 1 is 1.17 bits per heavy atom. The molecule has 0 spiro atoms. The van der Waals surface area contributed by atoms with Crippen LogP contribution in [-0.4, -0.2) is 27.6 Å². The smallest absolute Gasteiger partial charge is 0.266 e. The fourth-order valence-corrected chi connectivity index (χ4v) is 5.12. The summed E-state index contributed by atoms with van der Waals surface area (Å²) >= 11 is 20.3. The van der Waals surface area contributed by atoms with Crippen LogP contribution in [0.25, 0.3) is 6.08 Å². The molecule has 2 heterocycles. The molecule has 1 aromatic heterocycles. The van der Waals surface area contributed by atoms with Crippen LogP contribution in [0.5, 0.6) is 0 Å². The highest BCUT2D eigenvalue weighted by Gasteiger charge is 2.31. The number of anilines is 1. The van der Waals surface area contributed by atoms with Gasteiger partial charge in [-0.3, -0.25) is 14.5 Å². The zero-order chi connectivity index (χ0) is 20.8. The molecule has 1 aromatic carbocycles. The van der Waals surface area contributed by atoms with Gasteiger partial charge in [0, 0.05) is 17.8 Å². The van der Waals surface area contributed by atoms with Gasteiger partial charge in [0.05, 0.1) is 20.6 Å². The lowest BCUT2D eigenvalue weighted by molar-refractivity contribution is -0.122. The average molecular weight is 485 g/mol. The number of rotatable bonds is 8. The fourth-order valence-electron chi connectivity index (χ4n) is 2.74. The summed E-state index contributed by atoms with van der Waals surface area (Å²) in [7, 11) is 0. The Kier molecular flexibility index (Phi) is 8.15. The number of amides is 2. The number of hydrogen-bond acceptors (Lipinski definition) is 5. The van der Waals surface area contributed by atoms with E-state index in [9.17, 15) is 9.59 Å². The second-order valence-corrected chi connectivity index (χ2v) is 9.75. The van der Waals surface area contributed by atoms with Crippen LogP contribution in [0.4, 0.5) is 5.69 Å². The highest BCUT2D eigenvalue weighted by molar-refractivity contribution is 8.26. The molecule has 2 aromatic rings. The van der Waals surface area contributed by atoms with Gasteiger partial charge in [0.2, 0.25) is 5.91 Å². The minimum atomic E-state index is -0.112. The molecule has 2 amide bonds. The summed E-state index contributed by atoms with van der Waals surface area (Å²) in [5.41, 5.74) is 0.513. The molecule has 0 atom stereocenters. The predicted molar refractivity (Wildman–Crippen MR) is 128 cm³/mol. The van der Waals surface area contributed by atoms with E-state index in [0.717, 1.165) is 17.7 Å². The molecule has 1 aliphatic heterocycles. The van der Waals surface area contributed by atoms with Crippen molar-refractivity contribution in [2.24, 2.45) is 0 Å². The first-order valence-electron chi connectivity index (χ1n) is 8.98. The molecular weight excluding hydrogens is 467 g/mol. The second kappa shape index (κ2) is 10.6. The van der Waals surface area contributed by atoms with Crippen LogP contribution >= 0.6 is 58.5 Å². The SMILES string of the molecule is O=C(CCCCCN1C(=O)/C(=C\c2cccs2)SC1=S)Nc1cccc(Cl)c1Cl. The predicted octanol–water partition coefficient (Wildman–Crippen LogP) is 6.46. The third kappa shape index (κ3) is 6.06. The lowest BCUT2D eigenvalue weighted by Crippen LogP contribution is -2.29. The number of nitrogens with one attached hydrogen (secondary N) is 1. The molecule has 0 saturated carbocycles. The first-order chi connectivity index (χ1) is 14.0. The Morgan fingerprint density at radius 3 is 2.76 bits per heavy atom. The van der Waals surface area contributed by atoms with Crippen LogP contribution in [0, 0.1) is 0 Å². The second-order valence-electron chi connectivity index (χ2n) is 6.31. The number of thiocarbonyl (C=S) groups is 1. The number of thiophene rings is 1. The van der Waals surface area contributed by atoms with Gasteiger partial charge >= 0.3 is 0 Å². The number of thioether (sulfide) groups is 1. The Labute approximate surface area is 193 Å². The Bertz CT molecular complexity index is 945. The molecule has 3 rings (SSSR count). The van der Waals surface area contributed by atoms with Gasteiger partial charge < -0.3 is 5.32 Å². The number of unbranched alkanes of at least 4 members (excludes halogenated alkanes) is 2. The third-order valence-corrected chi connectivity index (χ3v) is 7.22. The zero-order valence-corrected chi connectivity index (χ0v) is 19.3. The quantitative estimate of drug-likeness (QED) is 0.265. The third-order valence-electron chi connectivity index (χ3n) is 4.20. The van der Waals surface area contributed by atoms with Gasteiger partial charge in [-0.25, -0.2) is 0 Å². The van der Waals surface area contributed by atoms with Crippen molar-refractivity contribution in [1.82, 2.24) is 4.90 Å². The summed E-state index contributed by atoms with van der Waals surface area (Å²) < 4.78 is 0.589. The molecular formula is C20H18Cl2N2O2S3. The van der Waals surface area contributed by atoms with E-state index >= 15 is 0 Å². The first-order valence-corrected chi connectivity index (χ1v) is 11.8. The Morgan fingerprint density at radius 2 is 2.00 bits per heavy atom. The maximum atomic E-state index is 12.5. The molecule has 1 saturated heterocycles. The number of benzene rings is 1. The summed E-state index contributed by atoms with van der Waals surface area (Å²) in [6, 6.07) is 9.04. The number of nitrogens with zero attached hydrogens (tertiary/aromatic N) is 1. The highest BCUT2D eigenvalue weighted by atomic mass is 35.5. The standard InChI is InChI=1S/C20H18Cl2N2O2S3/c21-14-7-4-8-15(18(14)22)23-17(25)9-2-1-3-10-24-19(26)16(29-20(24)27)12-13-6-5-11-28-13/h4-8,11-12H,1-3,9-10H2,(H,23,25)/b16-12+. The van der Waals surface area contributed by atoms with Gasteiger partial charge in [-0.2, -0.15) is 0 Å². The van der Waals surface area contributed by atoms with Crippen molar-refractivity contribution in [3.05, 3.63) is 55.5 Å². The molecule has 0 aliphatic carbocycles. The maximum absolute atomic E-state index is 12.5. The molecule has 1 aliphatic rings. The van der Waals surface area contributed by atoms with Crippen molar-refractivity contribution in [3.63, 3.8) is 0 Å². The van der Waals surface area contributed by atoms with E-state index in [2.05, 4.69) is 5.32 Å². The van der Waals surface area contributed by atoms with Crippen LogP contribution in [-0.2, 0) is 9.59 Å². The summed E-state index contributed by atoms with van der Waals surface area (Å²) in [6.07, 6.45) is 4.57.